The van der Waals surface area contributed by atoms with Gasteiger partial charge in [-0.05, 0) is 20.3 Å². The van der Waals surface area contributed by atoms with Gasteiger partial charge in [0, 0.05) is 18.3 Å². The Morgan fingerprint density at radius 2 is 1.86 bits per heavy atom. The Labute approximate surface area is 132 Å². The van der Waals surface area contributed by atoms with E-state index in [1.165, 1.54) is 0 Å². The highest BCUT2D eigenvalue weighted by molar-refractivity contribution is 5.81. The Kier molecular flexibility index (Phi) is 7.93. The molecule has 0 aromatic rings. The SMILES string of the molecule is CCCC(C)C(=O)CC1C(OC(C)C)OC(CO)C(O)C1O. The number of carbonyl (C=O) groups is 1. The summed E-state index contributed by atoms with van der Waals surface area (Å²) in [4.78, 5) is 12.3. The summed E-state index contributed by atoms with van der Waals surface area (Å²) in [5, 5.41) is 29.6. The van der Waals surface area contributed by atoms with Crippen molar-refractivity contribution in [2.24, 2.45) is 11.8 Å². The van der Waals surface area contributed by atoms with Crippen LogP contribution in [0.25, 0.3) is 0 Å². The van der Waals surface area contributed by atoms with Crippen molar-refractivity contribution in [3.8, 4) is 0 Å². The maximum absolute atomic E-state index is 12.3. The quantitative estimate of drug-likeness (QED) is 0.614. The van der Waals surface area contributed by atoms with Crippen LogP contribution < -0.4 is 0 Å². The zero-order valence-electron chi connectivity index (χ0n) is 13.9. The fourth-order valence-corrected chi connectivity index (χ4v) is 2.78. The largest absolute Gasteiger partial charge is 0.394 e. The summed E-state index contributed by atoms with van der Waals surface area (Å²) in [6.07, 6.45) is -2.46. The predicted octanol–water partition coefficient (Wildman–Crippen LogP) is 0.862. The number of ketones is 1. The standard InChI is InChI=1S/C16H30O6/c1-5-6-10(4)12(18)7-11-14(19)15(20)13(8-17)22-16(11)21-9(2)3/h9-11,13-17,19-20H,5-8H2,1-4H3. The Balaban J connectivity index is 2.83. The number of aliphatic hydroxyl groups is 3. The number of carbonyl (C=O) groups excluding carboxylic acids is 1. The lowest BCUT2D eigenvalue weighted by Crippen LogP contribution is -2.57. The molecule has 6 atom stereocenters. The highest BCUT2D eigenvalue weighted by Gasteiger charge is 2.45. The highest BCUT2D eigenvalue weighted by Crippen LogP contribution is 2.31. The lowest BCUT2D eigenvalue weighted by molar-refractivity contribution is -0.294. The topological polar surface area (TPSA) is 96.2 Å². The van der Waals surface area contributed by atoms with Gasteiger partial charge >= 0.3 is 0 Å². The minimum absolute atomic E-state index is 0.0292. The second kappa shape index (κ2) is 8.93. The van der Waals surface area contributed by atoms with E-state index in [0.29, 0.717) is 0 Å². The van der Waals surface area contributed by atoms with Gasteiger partial charge < -0.3 is 24.8 Å². The van der Waals surface area contributed by atoms with Crippen LogP contribution >= 0.6 is 0 Å². The number of aliphatic hydroxyl groups excluding tert-OH is 3. The van der Waals surface area contributed by atoms with E-state index in [1.54, 1.807) is 0 Å². The van der Waals surface area contributed by atoms with Crippen LogP contribution in [0.1, 0.15) is 47.0 Å². The summed E-state index contributed by atoms with van der Waals surface area (Å²) in [6, 6.07) is 0. The first-order valence-electron chi connectivity index (χ1n) is 8.12. The zero-order valence-corrected chi connectivity index (χ0v) is 13.9. The minimum Gasteiger partial charge on any atom is -0.394 e. The van der Waals surface area contributed by atoms with Crippen LogP contribution in [0.2, 0.25) is 0 Å². The molecule has 0 radical (unpaired) electrons. The molecule has 1 fully saturated rings. The van der Waals surface area contributed by atoms with E-state index in [9.17, 15) is 20.1 Å². The van der Waals surface area contributed by atoms with Crippen molar-refractivity contribution >= 4 is 5.78 Å². The molecule has 0 aromatic heterocycles. The smallest absolute Gasteiger partial charge is 0.164 e. The molecule has 1 heterocycles. The van der Waals surface area contributed by atoms with E-state index in [4.69, 9.17) is 9.47 Å². The third kappa shape index (κ3) is 4.99. The number of rotatable bonds is 8. The van der Waals surface area contributed by atoms with Crippen LogP contribution in [0.4, 0.5) is 0 Å². The maximum Gasteiger partial charge on any atom is 0.164 e. The molecular weight excluding hydrogens is 288 g/mol. The molecular formula is C16H30O6. The summed E-state index contributed by atoms with van der Waals surface area (Å²) >= 11 is 0. The van der Waals surface area contributed by atoms with E-state index in [-0.39, 0.29) is 24.2 Å². The molecule has 0 saturated carbocycles. The van der Waals surface area contributed by atoms with Gasteiger partial charge in [0.2, 0.25) is 0 Å². The zero-order chi connectivity index (χ0) is 16.9. The molecule has 0 amide bonds. The van der Waals surface area contributed by atoms with Crippen LogP contribution in [0.5, 0.6) is 0 Å². The van der Waals surface area contributed by atoms with E-state index >= 15 is 0 Å². The molecule has 0 spiro atoms. The molecule has 6 nitrogen and oxygen atoms in total. The second-order valence-corrected chi connectivity index (χ2v) is 6.42. The fraction of sp³-hybridized carbons (Fsp3) is 0.938. The van der Waals surface area contributed by atoms with Crippen molar-refractivity contribution in [3.63, 3.8) is 0 Å². The number of hydrogen-bond acceptors (Lipinski definition) is 6. The van der Waals surface area contributed by atoms with Gasteiger partial charge in [0.25, 0.3) is 0 Å². The molecule has 1 saturated heterocycles. The average molecular weight is 318 g/mol. The van der Waals surface area contributed by atoms with Gasteiger partial charge in [-0.3, -0.25) is 4.79 Å². The minimum atomic E-state index is -1.23. The van der Waals surface area contributed by atoms with Crippen LogP contribution in [0.3, 0.4) is 0 Å². The van der Waals surface area contributed by atoms with Crippen LogP contribution in [0.15, 0.2) is 0 Å². The summed E-state index contributed by atoms with van der Waals surface area (Å²) in [6.45, 7) is 7.12. The molecule has 1 aliphatic rings. The van der Waals surface area contributed by atoms with Crippen molar-refractivity contribution in [1.29, 1.82) is 0 Å². The van der Waals surface area contributed by atoms with E-state index in [0.717, 1.165) is 12.8 Å². The van der Waals surface area contributed by atoms with Crippen molar-refractivity contribution in [2.75, 3.05) is 6.61 Å². The molecule has 0 aromatic carbocycles. The van der Waals surface area contributed by atoms with Crippen molar-refractivity contribution in [3.05, 3.63) is 0 Å². The molecule has 1 aliphatic heterocycles. The molecule has 22 heavy (non-hydrogen) atoms. The van der Waals surface area contributed by atoms with Gasteiger partial charge in [-0.2, -0.15) is 0 Å². The predicted molar refractivity (Wildman–Crippen MR) is 81.2 cm³/mol. The Bertz CT molecular complexity index is 346. The molecule has 3 N–H and O–H groups in total. The summed E-state index contributed by atoms with van der Waals surface area (Å²) in [5.74, 6) is -0.696. The molecule has 0 bridgehead atoms. The molecule has 6 heteroatoms. The van der Waals surface area contributed by atoms with Crippen molar-refractivity contribution < 1.29 is 29.6 Å². The second-order valence-electron chi connectivity index (χ2n) is 6.42. The van der Waals surface area contributed by atoms with Gasteiger partial charge in [0.15, 0.2) is 6.29 Å². The molecule has 130 valence electrons. The van der Waals surface area contributed by atoms with E-state index < -0.39 is 37.1 Å². The van der Waals surface area contributed by atoms with Crippen molar-refractivity contribution in [1.82, 2.24) is 0 Å². The highest BCUT2D eigenvalue weighted by atomic mass is 16.7. The first-order valence-corrected chi connectivity index (χ1v) is 8.12. The van der Waals surface area contributed by atoms with Gasteiger partial charge in [0.05, 0.1) is 18.8 Å². The summed E-state index contributed by atoms with van der Waals surface area (Å²) in [7, 11) is 0. The monoisotopic (exact) mass is 318 g/mol. The lowest BCUT2D eigenvalue weighted by atomic mass is 9.84. The fourth-order valence-electron chi connectivity index (χ4n) is 2.78. The molecule has 0 aliphatic carbocycles. The number of hydrogen-bond donors (Lipinski definition) is 3. The first kappa shape index (κ1) is 19.5. The van der Waals surface area contributed by atoms with Crippen LogP contribution in [0, 0.1) is 11.8 Å². The van der Waals surface area contributed by atoms with E-state index in [1.807, 2.05) is 27.7 Å². The van der Waals surface area contributed by atoms with Crippen LogP contribution in [-0.2, 0) is 14.3 Å². The van der Waals surface area contributed by atoms with E-state index in [2.05, 4.69) is 0 Å². The Morgan fingerprint density at radius 1 is 1.23 bits per heavy atom. The molecule has 6 unspecified atom stereocenters. The summed E-state index contributed by atoms with van der Waals surface area (Å²) < 4.78 is 11.2. The average Bonchev–Trinajstić information content (AvgIpc) is 2.46. The van der Waals surface area contributed by atoms with Gasteiger partial charge in [0.1, 0.15) is 18.0 Å². The summed E-state index contributed by atoms with van der Waals surface area (Å²) in [5.41, 5.74) is 0. The Morgan fingerprint density at radius 3 is 2.36 bits per heavy atom. The van der Waals surface area contributed by atoms with Gasteiger partial charge in [-0.1, -0.05) is 20.3 Å². The number of ether oxygens (including phenoxy) is 2. The van der Waals surface area contributed by atoms with Crippen molar-refractivity contribution in [2.45, 2.75) is 77.7 Å². The number of Topliss-reactive ketones (excluding diaryl/α,β-unsaturated/α-hetero) is 1. The maximum atomic E-state index is 12.3. The molecule has 1 rings (SSSR count). The van der Waals surface area contributed by atoms with Crippen LogP contribution in [-0.4, -0.2) is 58.4 Å². The normalized spacial score (nSPS) is 33.9. The Hall–Kier alpha value is -0.530. The van der Waals surface area contributed by atoms with Gasteiger partial charge in [-0.25, -0.2) is 0 Å². The third-order valence-corrected chi connectivity index (χ3v) is 4.12. The lowest BCUT2D eigenvalue weighted by Gasteiger charge is -2.42. The van der Waals surface area contributed by atoms with Gasteiger partial charge in [-0.15, -0.1) is 0 Å². The first-order chi connectivity index (χ1) is 10.3. The third-order valence-electron chi connectivity index (χ3n) is 4.12.